The predicted octanol–water partition coefficient (Wildman–Crippen LogP) is 2.86. The normalized spacial score (nSPS) is 16.8. The minimum absolute atomic E-state index is 0.194. The van der Waals surface area contributed by atoms with E-state index in [4.69, 9.17) is 0 Å². The highest BCUT2D eigenvalue weighted by atomic mass is 16.1. The second kappa shape index (κ2) is 8.83. The van der Waals surface area contributed by atoms with Crippen molar-refractivity contribution in [1.29, 1.82) is 0 Å². The van der Waals surface area contributed by atoms with Crippen molar-refractivity contribution in [3.05, 3.63) is 35.9 Å². The van der Waals surface area contributed by atoms with Crippen molar-refractivity contribution in [1.82, 2.24) is 10.2 Å². The first kappa shape index (κ1) is 16.0. The Kier molecular flexibility index (Phi) is 6.74. The highest BCUT2D eigenvalue weighted by Gasteiger charge is 2.14. The first-order valence-electron chi connectivity index (χ1n) is 8.27. The number of hydrogen-bond donors (Lipinski definition) is 1. The number of carbonyl (C=O) groups excluding carboxylic acids is 1. The molecule has 1 N–H and O–H groups in total. The third-order valence-electron chi connectivity index (χ3n) is 4.13. The zero-order valence-electron chi connectivity index (χ0n) is 13.2. The molecule has 3 heteroatoms. The van der Waals surface area contributed by atoms with Gasteiger partial charge in [0.1, 0.15) is 0 Å². The van der Waals surface area contributed by atoms with Gasteiger partial charge in [-0.2, -0.15) is 0 Å². The molecule has 2 rings (SSSR count). The van der Waals surface area contributed by atoms with Gasteiger partial charge in [0.15, 0.2) is 0 Å². The van der Waals surface area contributed by atoms with Crippen LogP contribution in [0.15, 0.2) is 30.3 Å². The highest BCUT2D eigenvalue weighted by Crippen LogP contribution is 2.10. The third kappa shape index (κ3) is 6.30. The lowest BCUT2D eigenvalue weighted by atomic mass is 10.1. The number of carbonyl (C=O) groups is 1. The molecule has 0 saturated carbocycles. The molecule has 1 amide bonds. The van der Waals surface area contributed by atoms with E-state index in [0.717, 1.165) is 25.9 Å². The van der Waals surface area contributed by atoms with Gasteiger partial charge >= 0.3 is 0 Å². The summed E-state index contributed by atoms with van der Waals surface area (Å²) in [6, 6.07) is 10.4. The van der Waals surface area contributed by atoms with Crippen LogP contribution in [0.3, 0.4) is 0 Å². The molecule has 1 aliphatic heterocycles. The summed E-state index contributed by atoms with van der Waals surface area (Å²) < 4.78 is 0. The van der Waals surface area contributed by atoms with Crippen molar-refractivity contribution < 1.29 is 4.79 Å². The molecule has 0 bridgehead atoms. The van der Waals surface area contributed by atoms with Gasteiger partial charge in [0.2, 0.25) is 5.91 Å². The summed E-state index contributed by atoms with van der Waals surface area (Å²) in [4.78, 5) is 14.4. The van der Waals surface area contributed by atoms with Crippen molar-refractivity contribution in [3.8, 4) is 0 Å². The summed E-state index contributed by atoms with van der Waals surface area (Å²) in [6.07, 6.45) is 5.20. The topological polar surface area (TPSA) is 32.3 Å². The minimum atomic E-state index is 0.194. The number of aryl methyl sites for hydroxylation is 1. The molecule has 1 atom stereocenters. The van der Waals surface area contributed by atoms with Crippen molar-refractivity contribution >= 4 is 5.91 Å². The summed E-state index contributed by atoms with van der Waals surface area (Å²) in [7, 11) is 0. The van der Waals surface area contributed by atoms with Gasteiger partial charge in [0.05, 0.1) is 0 Å². The number of nitrogens with zero attached hydrogens (tertiary/aromatic N) is 1. The van der Waals surface area contributed by atoms with E-state index in [9.17, 15) is 4.79 Å². The molecule has 1 fully saturated rings. The Morgan fingerprint density at radius 2 is 1.95 bits per heavy atom. The van der Waals surface area contributed by atoms with E-state index >= 15 is 0 Å². The Morgan fingerprint density at radius 3 is 2.67 bits per heavy atom. The quantitative estimate of drug-likeness (QED) is 0.798. The molecule has 0 spiro atoms. The summed E-state index contributed by atoms with van der Waals surface area (Å²) in [6.45, 7) is 6.61. The Hall–Kier alpha value is -1.35. The van der Waals surface area contributed by atoms with Crippen LogP contribution >= 0.6 is 0 Å². The zero-order chi connectivity index (χ0) is 14.9. The second-order valence-corrected chi connectivity index (χ2v) is 6.26. The Labute approximate surface area is 128 Å². The van der Waals surface area contributed by atoms with E-state index in [1.165, 1.54) is 31.5 Å². The minimum Gasteiger partial charge on any atom is -0.356 e. The van der Waals surface area contributed by atoms with Crippen molar-refractivity contribution in [2.24, 2.45) is 5.92 Å². The molecule has 116 valence electrons. The first-order chi connectivity index (χ1) is 10.2. The lowest BCUT2D eigenvalue weighted by Gasteiger charge is -2.20. The SMILES string of the molecule is CC(CNC(=O)CCCc1ccccc1)CN1CCCC1. The molecule has 0 aromatic heterocycles. The van der Waals surface area contributed by atoms with Gasteiger partial charge in [0, 0.05) is 19.5 Å². The molecular formula is C18H28N2O. The van der Waals surface area contributed by atoms with E-state index in [2.05, 4.69) is 41.4 Å². The van der Waals surface area contributed by atoms with Gasteiger partial charge in [-0.1, -0.05) is 37.3 Å². The van der Waals surface area contributed by atoms with Gasteiger partial charge in [-0.25, -0.2) is 0 Å². The van der Waals surface area contributed by atoms with Gasteiger partial charge < -0.3 is 10.2 Å². The fourth-order valence-corrected chi connectivity index (χ4v) is 2.94. The fraction of sp³-hybridized carbons (Fsp3) is 0.611. The number of benzene rings is 1. The van der Waals surface area contributed by atoms with Crippen LogP contribution < -0.4 is 5.32 Å². The van der Waals surface area contributed by atoms with Crippen LogP contribution in [0.25, 0.3) is 0 Å². The molecule has 0 radical (unpaired) electrons. The average Bonchev–Trinajstić information content (AvgIpc) is 2.99. The van der Waals surface area contributed by atoms with Crippen molar-refractivity contribution in [2.75, 3.05) is 26.2 Å². The maximum absolute atomic E-state index is 11.9. The molecule has 3 nitrogen and oxygen atoms in total. The van der Waals surface area contributed by atoms with E-state index < -0.39 is 0 Å². The molecule has 1 saturated heterocycles. The second-order valence-electron chi connectivity index (χ2n) is 6.26. The molecule has 1 aromatic carbocycles. The maximum atomic E-state index is 11.9. The van der Waals surface area contributed by atoms with Crippen LogP contribution in [-0.4, -0.2) is 37.0 Å². The van der Waals surface area contributed by atoms with Crippen LogP contribution in [-0.2, 0) is 11.2 Å². The number of hydrogen-bond acceptors (Lipinski definition) is 2. The van der Waals surface area contributed by atoms with Crippen LogP contribution in [0.5, 0.6) is 0 Å². The standard InChI is InChI=1S/C18H28N2O/c1-16(15-20-12-5-6-13-20)14-19-18(21)11-7-10-17-8-3-2-4-9-17/h2-4,8-9,16H,5-7,10-15H2,1H3,(H,19,21). The smallest absolute Gasteiger partial charge is 0.220 e. The summed E-state index contributed by atoms with van der Waals surface area (Å²) in [5.41, 5.74) is 1.31. The largest absolute Gasteiger partial charge is 0.356 e. The maximum Gasteiger partial charge on any atom is 0.220 e. The fourth-order valence-electron chi connectivity index (χ4n) is 2.94. The number of rotatable bonds is 8. The Balaban J connectivity index is 1.54. The molecule has 0 aliphatic carbocycles. The zero-order valence-corrected chi connectivity index (χ0v) is 13.2. The van der Waals surface area contributed by atoms with E-state index in [1.807, 2.05) is 6.07 Å². The number of amides is 1. The van der Waals surface area contributed by atoms with Crippen molar-refractivity contribution in [2.45, 2.75) is 39.0 Å². The van der Waals surface area contributed by atoms with E-state index in [0.29, 0.717) is 12.3 Å². The number of likely N-dealkylation sites (tertiary alicyclic amines) is 1. The number of nitrogens with one attached hydrogen (secondary N) is 1. The van der Waals surface area contributed by atoms with Crippen LogP contribution in [0.4, 0.5) is 0 Å². The molecular weight excluding hydrogens is 260 g/mol. The van der Waals surface area contributed by atoms with Crippen molar-refractivity contribution in [3.63, 3.8) is 0 Å². The molecule has 1 aromatic rings. The first-order valence-corrected chi connectivity index (χ1v) is 8.27. The lowest BCUT2D eigenvalue weighted by molar-refractivity contribution is -0.121. The van der Waals surface area contributed by atoms with Crippen LogP contribution in [0, 0.1) is 5.92 Å². The molecule has 21 heavy (non-hydrogen) atoms. The third-order valence-corrected chi connectivity index (χ3v) is 4.13. The molecule has 1 heterocycles. The van der Waals surface area contributed by atoms with Gasteiger partial charge in [-0.3, -0.25) is 4.79 Å². The summed E-state index contributed by atoms with van der Waals surface area (Å²) >= 11 is 0. The van der Waals surface area contributed by atoms with E-state index in [1.54, 1.807) is 0 Å². The highest BCUT2D eigenvalue weighted by molar-refractivity contribution is 5.75. The van der Waals surface area contributed by atoms with Gasteiger partial charge in [-0.05, 0) is 50.3 Å². The van der Waals surface area contributed by atoms with Crippen LogP contribution in [0.1, 0.15) is 38.2 Å². The molecule has 1 aliphatic rings. The summed E-state index contributed by atoms with van der Waals surface area (Å²) in [5.74, 6) is 0.736. The van der Waals surface area contributed by atoms with Crippen LogP contribution in [0.2, 0.25) is 0 Å². The van der Waals surface area contributed by atoms with Gasteiger partial charge in [-0.15, -0.1) is 0 Å². The monoisotopic (exact) mass is 288 g/mol. The Morgan fingerprint density at radius 1 is 1.24 bits per heavy atom. The van der Waals surface area contributed by atoms with Gasteiger partial charge in [0.25, 0.3) is 0 Å². The predicted molar refractivity (Wildman–Crippen MR) is 87.2 cm³/mol. The van der Waals surface area contributed by atoms with E-state index in [-0.39, 0.29) is 5.91 Å². The Bertz CT molecular complexity index is 412. The lowest BCUT2D eigenvalue weighted by Crippen LogP contribution is -2.34. The molecule has 1 unspecified atom stereocenters. The summed E-state index contributed by atoms with van der Waals surface area (Å²) in [5, 5.41) is 3.08. The average molecular weight is 288 g/mol.